The van der Waals surface area contributed by atoms with Crippen molar-refractivity contribution in [3.8, 4) is 0 Å². The third kappa shape index (κ3) is 3.07. The summed E-state index contributed by atoms with van der Waals surface area (Å²) >= 11 is 2.09. The minimum absolute atomic E-state index is 0.806. The van der Waals surface area contributed by atoms with E-state index in [2.05, 4.69) is 41.3 Å². The number of hydrogen-bond acceptors (Lipinski definition) is 2. The van der Waals surface area contributed by atoms with Gasteiger partial charge in [-0.3, -0.25) is 0 Å². The van der Waals surface area contributed by atoms with Crippen molar-refractivity contribution in [1.29, 1.82) is 0 Å². The molecule has 20 heavy (non-hydrogen) atoms. The van der Waals surface area contributed by atoms with Crippen LogP contribution in [0.5, 0.6) is 0 Å². The van der Waals surface area contributed by atoms with Gasteiger partial charge in [-0.1, -0.05) is 18.6 Å². The Balaban J connectivity index is 1.30. The van der Waals surface area contributed by atoms with Crippen LogP contribution in [-0.4, -0.2) is 11.8 Å². The highest BCUT2D eigenvalue weighted by Gasteiger charge is 2.39. The third-order valence-electron chi connectivity index (χ3n) is 5.42. The molecule has 3 atom stereocenters. The van der Waals surface area contributed by atoms with Gasteiger partial charge in [0, 0.05) is 23.2 Å². The molecule has 0 spiro atoms. The monoisotopic (exact) mass is 287 g/mol. The molecule has 4 rings (SSSR count). The first-order chi connectivity index (χ1) is 9.87. The van der Waals surface area contributed by atoms with E-state index in [1.165, 1.54) is 54.7 Å². The summed E-state index contributed by atoms with van der Waals surface area (Å²) in [5.41, 5.74) is 1.45. The molecule has 0 radical (unpaired) electrons. The van der Waals surface area contributed by atoms with Gasteiger partial charge < -0.3 is 5.32 Å². The minimum atomic E-state index is 0.806. The Labute approximate surface area is 126 Å². The molecule has 3 aliphatic carbocycles. The fraction of sp³-hybridized carbons (Fsp3) is 0.667. The summed E-state index contributed by atoms with van der Waals surface area (Å²) in [6.07, 6.45) is 8.84. The Morgan fingerprint density at radius 1 is 1.10 bits per heavy atom. The molecule has 0 aliphatic heterocycles. The smallest absolute Gasteiger partial charge is 0.0208 e. The average molecular weight is 287 g/mol. The summed E-state index contributed by atoms with van der Waals surface area (Å²) in [5, 5.41) is 3.61. The van der Waals surface area contributed by atoms with Gasteiger partial charge >= 0.3 is 0 Å². The zero-order chi connectivity index (χ0) is 13.4. The topological polar surface area (TPSA) is 12.0 Å². The molecular weight excluding hydrogens is 262 g/mol. The lowest BCUT2D eigenvalue weighted by Gasteiger charge is -2.21. The summed E-state index contributed by atoms with van der Waals surface area (Å²) < 4.78 is 0. The molecule has 2 bridgehead atoms. The van der Waals surface area contributed by atoms with Crippen molar-refractivity contribution < 1.29 is 0 Å². The molecule has 3 saturated carbocycles. The molecule has 1 N–H and O–H groups in total. The number of thioether (sulfide) groups is 1. The number of hydrogen-bond donors (Lipinski definition) is 1. The lowest BCUT2D eigenvalue weighted by molar-refractivity contribution is 0.365. The van der Waals surface area contributed by atoms with Crippen LogP contribution in [0.25, 0.3) is 0 Å². The maximum atomic E-state index is 3.61. The van der Waals surface area contributed by atoms with Crippen molar-refractivity contribution in [2.24, 2.45) is 17.8 Å². The van der Waals surface area contributed by atoms with Gasteiger partial charge in [0.05, 0.1) is 0 Å². The number of fused-ring (bicyclic) bond motifs is 2. The summed E-state index contributed by atoms with van der Waals surface area (Å²) in [6, 6.07) is 9.98. The van der Waals surface area contributed by atoms with E-state index >= 15 is 0 Å². The predicted molar refractivity (Wildman–Crippen MR) is 86.0 cm³/mol. The molecule has 2 heteroatoms. The molecule has 3 fully saturated rings. The van der Waals surface area contributed by atoms with E-state index < -0.39 is 0 Å². The zero-order valence-corrected chi connectivity index (χ0v) is 13.0. The first kappa shape index (κ1) is 13.2. The zero-order valence-electron chi connectivity index (χ0n) is 12.2. The molecule has 3 unspecified atom stereocenters. The third-order valence-corrected chi connectivity index (χ3v) is 6.60. The lowest BCUT2D eigenvalue weighted by Crippen LogP contribution is -2.15. The molecule has 0 heterocycles. The molecule has 0 aromatic heterocycles. The molecule has 1 nitrogen and oxygen atoms in total. The fourth-order valence-electron chi connectivity index (χ4n) is 4.08. The maximum Gasteiger partial charge on any atom is 0.0208 e. The van der Waals surface area contributed by atoms with Crippen molar-refractivity contribution >= 4 is 11.8 Å². The molecule has 1 aromatic carbocycles. The van der Waals surface area contributed by atoms with Crippen molar-refractivity contribution in [3.63, 3.8) is 0 Å². The van der Waals surface area contributed by atoms with E-state index in [-0.39, 0.29) is 0 Å². The largest absolute Gasteiger partial charge is 0.310 e. The highest BCUT2D eigenvalue weighted by molar-refractivity contribution is 7.99. The first-order valence-corrected chi connectivity index (χ1v) is 9.30. The van der Waals surface area contributed by atoms with E-state index in [0.29, 0.717) is 0 Å². The first-order valence-electron chi connectivity index (χ1n) is 8.32. The summed E-state index contributed by atoms with van der Waals surface area (Å²) in [4.78, 5) is 1.47. The summed E-state index contributed by atoms with van der Waals surface area (Å²) in [5.74, 6) is 4.50. The van der Waals surface area contributed by atoms with Gasteiger partial charge in [0.2, 0.25) is 0 Å². The van der Waals surface area contributed by atoms with Crippen LogP contribution in [0, 0.1) is 17.8 Å². The van der Waals surface area contributed by atoms with Crippen molar-refractivity contribution in [3.05, 3.63) is 29.8 Å². The highest BCUT2D eigenvalue weighted by Crippen LogP contribution is 2.49. The Morgan fingerprint density at radius 2 is 2.05 bits per heavy atom. The molecule has 3 aliphatic rings. The van der Waals surface area contributed by atoms with Crippen LogP contribution in [0.3, 0.4) is 0 Å². The second-order valence-corrected chi connectivity index (χ2v) is 8.14. The predicted octanol–water partition coefficient (Wildman–Crippen LogP) is 4.47. The Hall–Kier alpha value is -0.470. The van der Waals surface area contributed by atoms with Gasteiger partial charge in [-0.2, -0.15) is 0 Å². The van der Waals surface area contributed by atoms with E-state index in [9.17, 15) is 0 Å². The van der Waals surface area contributed by atoms with Crippen molar-refractivity contribution in [1.82, 2.24) is 5.32 Å². The standard InChI is InChI=1S/C18H25NS/c1-2-14(11-19-17-6-7-17)10-18(3-1)20-12-16-9-13-4-5-15(16)8-13/h1-3,10,13,15-17,19H,4-9,11-12H2. The normalized spacial score (nSPS) is 31.9. The van der Waals surface area contributed by atoms with E-state index in [1.807, 2.05) is 0 Å². The van der Waals surface area contributed by atoms with Crippen LogP contribution in [0.2, 0.25) is 0 Å². The van der Waals surface area contributed by atoms with Crippen LogP contribution >= 0.6 is 11.8 Å². The van der Waals surface area contributed by atoms with Crippen LogP contribution in [-0.2, 0) is 6.54 Å². The van der Waals surface area contributed by atoms with E-state index in [4.69, 9.17) is 0 Å². The summed E-state index contributed by atoms with van der Waals surface area (Å²) in [6.45, 7) is 1.05. The quantitative estimate of drug-likeness (QED) is 0.775. The molecule has 108 valence electrons. The maximum absolute atomic E-state index is 3.61. The van der Waals surface area contributed by atoms with Gasteiger partial charge in [-0.15, -0.1) is 11.8 Å². The van der Waals surface area contributed by atoms with Gasteiger partial charge in [0.15, 0.2) is 0 Å². The highest BCUT2D eigenvalue weighted by atomic mass is 32.2. The fourth-order valence-corrected chi connectivity index (χ4v) is 5.30. The van der Waals surface area contributed by atoms with E-state index in [1.54, 1.807) is 0 Å². The van der Waals surface area contributed by atoms with Gasteiger partial charge in [-0.25, -0.2) is 0 Å². The molecule has 0 saturated heterocycles. The van der Waals surface area contributed by atoms with Gasteiger partial charge in [0.1, 0.15) is 0 Å². The Morgan fingerprint density at radius 3 is 2.80 bits per heavy atom. The van der Waals surface area contributed by atoms with Crippen LogP contribution < -0.4 is 5.32 Å². The van der Waals surface area contributed by atoms with Crippen molar-refractivity contribution in [2.45, 2.75) is 56.0 Å². The second kappa shape index (κ2) is 5.73. The Bertz CT molecular complexity index is 468. The van der Waals surface area contributed by atoms with Crippen LogP contribution in [0.15, 0.2) is 29.2 Å². The van der Waals surface area contributed by atoms with Crippen LogP contribution in [0.1, 0.15) is 44.1 Å². The molecule has 1 aromatic rings. The van der Waals surface area contributed by atoms with Crippen LogP contribution in [0.4, 0.5) is 0 Å². The van der Waals surface area contributed by atoms with Gasteiger partial charge in [0.25, 0.3) is 0 Å². The molecular formula is C18H25NS. The summed E-state index contributed by atoms with van der Waals surface area (Å²) in [7, 11) is 0. The number of nitrogens with one attached hydrogen (secondary N) is 1. The number of rotatable bonds is 6. The second-order valence-electron chi connectivity index (χ2n) is 7.05. The van der Waals surface area contributed by atoms with Crippen molar-refractivity contribution in [2.75, 3.05) is 5.75 Å². The SMILES string of the molecule is c1cc(CNC2CC2)cc(SCC2CC3CCC2C3)c1. The average Bonchev–Trinajstić information content (AvgIpc) is 3.08. The number of benzene rings is 1. The van der Waals surface area contributed by atoms with E-state index in [0.717, 1.165) is 30.3 Å². The minimum Gasteiger partial charge on any atom is -0.310 e. The van der Waals surface area contributed by atoms with Gasteiger partial charge in [-0.05, 0) is 67.6 Å². The Kier molecular flexibility index (Phi) is 3.78. The molecule has 0 amide bonds. The lowest BCUT2D eigenvalue weighted by atomic mass is 9.90.